The molecule has 0 aliphatic rings. The zero-order valence-electron chi connectivity index (χ0n) is 6.84. The lowest BCUT2D eigenvalue weighted by Crippen LogP contribution is -1.96. The number of hydrogen-bond donors (Lipinski definition) is 1. The van der Waals surface area contributed by atoms with Crippen LogP contribution in [-0.2, 0) is 0 Å². The van der Waals surface area contributed by atoms with Crippen LogP contribution in [0, 0.1) is 0 Å². The minimum absolute atomic E-state index is 0.368. The predicted octanol–water partition coefficient (Wildman–Crippen LogP) is 3.54. The highest BCUT2D eigenvalue weighted by atomic mass is 33.1. The fraction of sp³-hybridized carbons (Fsp3) is 0. The van der Waals surface area contributed by atoms with Crippen molar-refractivity contribution in [3.05, 3.63) is 24.3 Å². The topological polar surface area (TPSA) is 22.1 Å². The minimum atomic E-state index is 0.368. The Bertz CT molecular complexity index is 434. The van der Waals surface area contributed by atoms with Crippen LogP contribution in [0.15, 0.2) is 24.3 Å². The molecule has 0 N–H and O–H groups in total. The molecule has 0 amide bonds. The average molecular weight is 259 g/mol. The first-order valence-corrected chi connectivity index (χ1v) is 6.78. The first-order chi connectivity index (χ1) is 6.79. The summed E-state index contributed by atoms with van der Waals surface area (Å²) < 4.78 is 6.73. The fourth-order valence-corrected chi connectivity index (χ4v) is 2.22. The lowest BCUT2D eigenvalue weighted by molar-refractivity contribution is 0.576. The predicted molar refractivity (Wildman–Crippen MR) is 69.4 cm³/mol. The Kier molecular flexibility index (Phi) is 3.27. The van der Waals surface area contributed by atoms with Gasteiger partial charge < -0.3 is 4.74 Å². The molecule has 0 aliphatic carbocycles. The van der Waals surface area contributed by atoms with Gasteiger partial charge in [-0.25, -0.2) is 4.98 Å². The van der Waals surface area contributed by atoms with E-state index in [2.05, 4.69) is 16.6 Å². The van der Waals surface area contributed by atoms with Crippen LogP contribution < -0.4 is 4.74 Å². The van der Waals surface area contributed by atoms with Gasteiger partial charge in [0.05, 0.1) is 10.2 Å². The molecule has 0 unspecified atom stereocenters. The van der Waals surface area contributed by atoms with E-state index in [0.29, 0.717) is 9.58 Å². The second kappa shape index (κ2) is 4.48. The van der Waals surface area contributed by atoms with Crippen LogP contribution in [0.3, 0.4) is 0 Å². The first-order valence-electron chi connectivity index (χ1n) is 3.68. The first kappa shape index (κ1) is 10.2. The number of aromatic nitrogens is 1. The number of fused-ring (bicyclic) bond motifs is 1. The summed E-state index contributed by atoms with van der Waals surface area (Å²) >= 11 is 10.3. The van der Waals surface area contributed by atoms with E-state index < -0.39 is 0 Å². The number of benzene rings is 1. The van der Waals surface area contributed by atoms with E-state index in [1.807, 2.05) is 24.3 Å². The summed E-state index contributed by atoms with van der Waals surface area (Å²) in [5.74, 6) is 0. The molecule has 1 aromatic heterocycles. The lowest BCUT2D eigenvalue weighted by atomic mass is 10.3. The molecule has 1 heterocycles. The van der Waals surface area contributed by atoms with Crippen LogP contribution in [0.1, 0.15) is 0 Å². The van der Waals surface area contributed by atoms with Crippen LogP contribution >= 0.6 is 46.0 Å². The Morgan fingerprint density at radius 3 is 3.00 bits per heavy atom. The largest absolute Gasteiger partial charge is 0.412 e. The molecule has 0 atom stereocenters. The third-order valence-corrected chi connectivity index (χ3v) is 3.87. The Balaban J connectivity index is 2.31. The third kappa shape index (κ3) is 2.20. The van der Waals surface area contributed by atoms with E-state index in [-0.39, 0.29) is 0 Å². The van der Waals surface area contributed by atoms with Crippen molar-refractivity contribution < 1.29 is 4.74 Å². The Labute approximate surface area is 99.5 Å². The molecular weight excluding hydrogens is 254 g/mol. The second-order valence-electron chi connectivity index (χ2n) is 2.39. The van der Waals surface area contributed by atoms with Gasteiger partial charge in [-0.1, -0.05) is 23.5 Å². The number of hydrogen-bond acceptors (Lipinski definition) is 6. The highest BCUT2D eigenvalue weighted by Gasteiger charge is 2.05. The minimum Gasteiger partial charge on any atom is -0.412 e. The van der Waals surface area contributed by atoms with Gasteiger partial charge in [-0.3, -0.25) is 0 Å². The monoisotopic (exact) mass is 259 g/mol. The van der Waals surface area contributed by atoms with Gasteiger partial charge in [0, 0.05) is 0 Å². The van der Waals surface area contributed by atoms with Crippen molar-refractivity contribution >= 4 is 60.6 Å². The van der Waals surface area contributed by atoms with Gasteiger partial charge >= 0.3 is 0 Å². The van der Waals surface area contributed by atoms with E-state index in [1.165, 1.54) is 11.3 Å². The quantitative estimate of drug-likeness (QED) is 0.480. The van der Waals surface area contributed by atoms with E-state index >= 15 is 0 Å². The standard InChI is InChI=1S/C8H5NOS4/c11-8(14-12)10-7-9-5-3-1-2-4-6(5)13-7/h1-4,12H. The van der Waals surface area contributed by atoms with Gasteiger partial charge in [0.2, 0.25) is 4.38 Å². The number of thiazole rings is 1. The summed E-state index contributed by atoms with van der Waals surface area (Å²) in [6, 6.07) is 7.85. The number of thiol groups is 1. The molecule has 2 nitrogen and oxygen atoms in total. The van der Waals surface area contributed by atoms with Gasteiger partial charge in [-0.2, -0.15) is 0 Å². The Morgan fingerprint density at radius 1 is 1.50 bits per heavy atom. The molecule has 0 fully saturated rings. The van der Waals surface area contributed by atoms with Crippen molar-refractivity contribution in [1.82, 2.24) is 4.98 Å². The molecular formula is C8H5NOS4. The van der Waals surface area contributed by atoms with Gasteiger partial charge in [-0.05, 0) is 35.1 Å². The molecule has 2 aromatic rings. The molecule has 2 rings (SSSR count). The summed E-state index contributed by atoms with van der Waals surface area (Å²) in [6.45, 7) is 0. The third-order valence-electron chi connectivity index (χ3n) is 1.52. The van der Waals surface area contributed by atoms with E-state index in [1.54, 1.807) is 0 Å². The normalized spacial score (nSPS) is 10.4. The van der Waals surface area contributed by atoms with Gasteiger partial charge in [0.15, 0.2) is 0 Å². The summed E-state index contributed by atoms with van der Waals surface area (Å²) in [5, 5.41) is 0.567. The molecule has 0 radical (unpaired) electrons. The second-order valence-corrected chi connectivity index (χ2v) is 5.11. The molecule has 0 saturated carbocycles. The number of ether oxygens (including phenoxy) is 1. The van der Waals surface area contributed by atoms with Crippen molar-refractivity contribution in [2.75, 3.05) is 0 Å². The summed E-state index contributed by atoms with van der Waals surface area (Å²) in [5.41, 5.74) is 0.930. The van der Waals surface area contributed by atoms with Gasteiger partial charge in [0.1, 0.15) is 0 Å². The van der Waals surface area contributed by atoms with Crippen molar-refractivity contribution in [3.8, 4) is 5.19 Å². The molecule has 72 valence electrons. The molecule has 14 heavy (non-hydrogen) atoms. The van der Waals surface area contributed by atoms with Crippen LogP contribution in [0.25, 0.3) is 10.2 Å². The molecule has 0 bridgehead atoms. The van der Waals surface area contributed by atoms with E-state index in [9.17, 15) is 0 Å². The average Bonchev–Trinajstić information content (AvgIpc) is 2.59. The molecule has 6 heteroatoms. The summed E-state index contributed by atoms with van der Waals surface area (Å²) in [6.07, 6.45) is 0. The zero-order chi connectivity index (χ0) is 9.97. The van der Waals surface area contributed by atoms with Gasteiger partial charge in [-0.15, -0.1) is 11.7 Å². The van der Waals surface area contributed by atoms with Crippen molar-refractivity contribution in [3.63, 3.8) is 0 Å². The Hall–Kier alpha value is -0.300. The maximum Gasteiger partial charge on any atom is 0.281 e. The Morgan fingerprint density at radius 2 is 2.29 bits per heavy atom. The molecule has 1 aromatic carbocycles. The molecule has 0 saturated heterocycles. The van der Waals surface area contributed by atoms with E-state index in [0.717, 1.165) is 21.0 Å². The van der Waals surface area contributed by atoms with Crippen molar-refractivity contribution in [2.45, 2.75) is 0 Å². The summed E-state index contributed by atoms with van der Waals surface area (Å²) in [4.78, 5) is 4.26. The maximum atomic E-state index is 5.27. The number of nitrogens with zero attached hydrogens (tertiary/aromatic N) is 1. The molecule has 0 spiro atoms. The number of thiocarbonyl (C=S) groups is 1. The number of para-hydroxylation sites is 1. The smallest absolute Gasteiger partial charge is 0.281 e. The maximum absolute atomic E-state index is 5.27. The highest BCUT2D eigenvalue weighted by Crippen LogP contribution is 2.28. The SMILES string of the molecule is S=C(Oc1nc2ccccc2s1)SS. The highest BCUT2D eigenvalue weighted by molar-refractivity contribution is 8.76. The van der Waals surface area contributed by atoms with Crippen molar-refractivity contribution in [2.24, 2.45) is 0 Å². The zero-order valence-corrected chi connectivity index (χ0v) is 10.2. The van der Waals surface area contributed by atoms with Crippen molar-refractivity contribution in [1.29, 1.82) is 0 Å². The summed E-state index contributed by atoms with van der Waals surface area (Å²) in [7, 11) is 1.10. The fourth-order valence-electron chi connectivity index (χ4n) is 0.985. The van der Waals surface area contributed by atoms with E-state index in [4.69, 9.17) is 17.0 Å². The van der Waals surface area contributed by atoms with Crippen LogP contribution in [-0.4, -0.2) is 9.37 Å². The van der Waals surface area contributed by atoms with Crippen LogP contribution in [0.4, 0.5) is 0 Å². The van der Waals surface area contributed by atoms with Crippen LogP contribution in [0.5, 0.6) is 5.19 Å². The van der Waals surface area contributed by atoms with Crippen LogP contribution in [0.2, 0.25) is 0 Å². The van der Waals surface area contributed by atoms with Gasteiger partial charge in [0.25, 0.3) is 5.19 Å². The lowest BCUT2D eigenvalue weighted by Gasteiger charge is -1.96. The number of rotatable bonds is 1. The molecule has 0 aliphatic heterocycles.